The molecule has 0 unspecified atom stereocenters. The second-order valence-electron chi connectivity index (χ2n) is 7.38. The van der Waals surface area contributed by atoms with Crippen LogP contribution in [0.15, 0.2) is 90.6 Å². The molecule has 6 heteroatoms. The van der Waals surface area contributed by atoms with Crippen molar-refractivity contribution >= 4 is 44.7 Å². The second-order valence-corrected chi connectivity index (χ2v) is 8.24. The van der Waals surface area contributed by atoms with Crippen molar-refractivity contribution in [2.24, 2.45) is 0 Å². The Morgan fingerprint density at radius 2 is 1.53 bits per heavy atom. The molecule has 5 nitrogen and oxygen atoms in total. The number of hydrogen-bond donors (Lipinski definition) is 2. The van der Waals surface area contributed by atoms with Crippen LogP contribution in [0.4, 0.5) is 17.2 Å². The van der Waals surface area contributed by atoms with Crippen molar-refractivity contribution in [3.63, 3.8) is 0 Å². The van der Waals surface area contributed by atoms with Gasteiger partial charge in [0.15, 0.2) is 0 Å². The molecule has 32 heavy (non-hydrogen) atoms. The Morgan fingerprint density at radius 3 is 2.31 bits per heavy atom. The first-order chi connectivity index (χ1) is 15.7. The van der Waals surface area contributed by atoms with Crippen LogP contribution in [0, 0.1) is 0 Å². The van der Waals surface area contributed by atoms with Gasteiger partial charge < -0.3 is 10.6 Å². The minimum atomic E-state index is -0.106. The van der Waals surface area contributed by atoms with E-state index >= 15 is 0 Å². The molecular weight excluding hydrogens is 416 g/mol. The van der Waals surface area contributed by atoms with Gasteiger partial charge >= 0.3 is 0 Å². The van der Waals surface area contributed by atoms with Gasteiger partial charge in [0.25, 0.3) is 0 Å². The summed E-state index contributed by atoms with van der Waals surface area (Å²) < 4.78 is 0. The number of rotatable bonds is 5. The van der Waals surface area contributed by atoms with Crippen molar-refractivity contribution < 1.29 is 4.79 Å². The van der Waals surface area contributed by atoms with Crippen LogP contribution in [0.3, 0.4) is 0 Å². The standard InChI is InChI=1S/C26H20N4OS/c1-17(31)29-21-8-5-9-22(14-21)30-25-24-23(15-32-26(24)28-16-27-25)20-12-10-19(11-13-20)18-6-3-2-4-7-18/h2-16H,1H3,(H,29,31)(H,27,28,30). The highest BCUT2D eigenvalue weighted by atomic mass is 32.1. The first kappa shape index (κ1) is 19.9. The molecule has 0 spiro atoms. The number of thiophene rings is 1. The molecule has 0 bridgehead atoms. The lowest BCUT2D eigenvalue weighted by Gasteiger charge is -2.10. The highest BCUT2D eigenvalue weighted by molar-refractivity contribution is 7.17. The van der Waals surface area contributed by atoms with Crippen molar-refractivity contribution in [3.05, 3.63) is 90.6 Å². The smallest absolute Gasteiger partial charge is 0.221 e. The fourth-order valence-electron chi connectivity index (χ4n) is 3.67. The summed E-state index contributed by atoms with van der Waals surface area (Å²) in [7, 11) is 0. The van der Waals surface area contributed by atoms with Crippen molar-refractivity contribution in [3.8, 4) is 22.3 Å². The molecular formula is C26H20N4OS. The number of fused-ring (bicyclic) bond motifs is 1. The number of benzene rings is 3. The maximum Gasteiger partial charge on any atom is 0.221 e. The van der Waals surface area contributed by atoms with Gasteiger partial charge in [0.1, 0.15) is 17.0 Å². The Morgan fingerprint density at radius 1 is 0.812 bits per heavy atom. The van der Waals surface area contributed by atoms with Crippen LogP contribution in [0.5, 0.6) is 0 Å². The summed E-state index contributed by atoms with van der Waals surface area (Å²) in [5.74, 6) is 0.629. The van der Waals surface area contributed by atoms with Crippen molar-refractivity contribution in [2.45, 2.75) is 6.92 Å². The average Bonchev–Trinajstić information content (AvgIpc) is 3.25. The minimum Gasteiger partial charge on any atom is -0.340 e. The van der Waals surface area contributed by atoms with Crippen LogP contribution in [-0.4, -0.2) is 15.9 Å². The van der Waals surface area contributed by atoms with E-state index in [9.17, 15) is 4.79 Å². The Bertz CT molecular complexity index is 1390. The van der Waals surface area contributed by atoms with Crippen LogP contribution in [0.1, 0.15) is 6.92 Å². The zero-order valence-corrected chi connectivity index (χ0v) is 18.2. The number of carbonyl (C=O) groups is 1. The van der Waals surface area contributed by atoms with Gasteiger partial charge in [-0.2, -0.15) is 0 Å². The zero-order chi connectivity index (χ0) is 21.9. The molecule has 5 rings (SSSR count). The molecule has 0 radical (unpaired) electrons. The number of nitrogens with one attached hydrogen (secondary N) is 2. The molecule has 0 aliphatic rings. The Kier molecular flexibility index (Phi) is 5.35. The van der Waals surface area contributed by atoms with Crippen molar-refractivity contribution in [1.29, 1.82) is 0 Å². The molecule has 156 valence electrons. The van der Waals surface area contributed by atoms with Gasteiger partial charge in [0, 0.05) is 29.2 Å². The Balaban J connectivity index is 1.50. The van der Waals surface area contributed by atoms with Crippen LogP contribution in [-0.2, 0) is 4.79 Å². The largest absolute Gasteiger partial charge is 0.340 e. The molecule has 5 aromatic rings. The molecule has 0 atom stereocenters. The van der Waals surface area contributed by atoms with Gasteiger partial charge in [-0.25, -0.2) is 9.97 Å². The van der Waals surface area contributed by atoms with Gasteiger partial charge in [-0.1, -0.05) is 60.7 Å². The third-order valence-electron chi connectivity index (χ3n) is 5.12. The van der Waals surface area contributed by atoms with E-state index in [1.165, 1.54) is 18.1 Å². The van der Waals surface area contributed by atoms with E-state index in [1.54, 1.807) is 17.7 Å². The van der Waals surface area contributed by atoms with E-state index in [4.69, 9.17) is 0 Å². The second kappa shape index (κ2) is 8.61. The SMILES string of the molecule is CC(=O)Nc1cccc(Nc2ncnc3scc(-c4ccc(-c5ccccc5)cc4)c23)c1. The summed E-state index contributed by atoms with van der Waals surface area (Å²) in [5.41, 5.74) is 6.14. The molecule has 0 saturated carbocycles. The average molecular weight is 437 g/mol. The van der Waals surface area contributed by atoms with Gasteiger partial charge in [-0.15, -0.1) is 11.3 Å². The number of hydrogen-bond acceptors (Lipinski definition) is 5. The maximum atomic E-state index is 11.4. The minimum absolute atomic E-state index is 0.106. The zero-order valence-electron chi connectivity index (χ0n) is 17.4. The summed E-state index contributed by atoms with van der Waals surface area (Å²) >= 11 is 1.60. The number of amides is 1. The van der Waals surface area contributed by atoms with Crippen molar-refractivity contribution in [1.82, 2.24) is 9.97 Å². The first-order valence-corrected chi connectivity index (χ1v) is 11.1. The fourth-order valence-corrected chi connectivity index (χ4v) is 4.59. The summed E-state index contributed by atoms with van der Waals surface area (Å²) in [6.07, 6.45) is 1.57. The Hall–Kier alpha value is -4.03. The van der Waals surface area contributed by atoms with Gasteiger partial charge in [0.2, 0.25) is 5.91 Å². The Labute approximate surface area is 189 Å². The van der Waals surface area contributed by atoms with Crippen LogP contribution in [0.25, 0.3) is 32.5 Å². The fraction of sp³-hybridized carbons (Fsp3) is 0.0385. The van der Waals surface area contributed by atoms with Crippen LogP contribution < -0.4 is 10.6 Å². The van der Waals surface area contributed by atoms with E-state index in [2.05, 4.69) is 62.4 Å². The third-order valence-corrected chi connectivity index (χ3v) is 6.01. The summed E-state index contributed by atoms with van der Waals surface area (Å²) in [5, 5.41) is 9.31. The molecule has 3 aromatic carbocycles. The first-order valence-electron chi connectivity index (χ1n) is 10.2. The summed E-state index contributed by atoms with van der Waals surface area (Å²) in [6.45, 7) is 1.49. The third kappa shape index (κ3) is 4.08. The quantitative estimate of drug-likeness (QED) is 0.321. The highest BCUT2D eigenvalue weighted by Gasteiger charge is 2.14. The van der Waals surface area contributed by atoms with Gasteiger partial charge in [-0.3, -0.25) is 4.79 Å². The molecule has 0 aliphatic heterocycles. The van der Waals surface area contributed by atoms with Crippen LogP contribution >= 0.6 is 11.3 Å². The summed E-state index contributed by atoms with van der Waals surface area (Å²) in [4.78, 5) is 21.3. The lowest BCUT2D eigenvalue weighted by molar-refractivity contribution is -0.114. The van der Waals surface area contributed by atoms with Gasteiger partial charge in [0.05, 0.1) is 5.39 Å². The molecule has 0 fully saturated rings. The van der Waals surface area contributed by atoms with Gasteiger partial charge in [-0.05, 0) is 34.9 Å². The molecule has 0 aliphatic carbocycles. The summed E-state index contributed by atoms with van der Waals surface area (Å²) in [6, 6.07) is 26.5. The highest BCUT2D eigenvalue weighted by Crippen LogP contribution is 2.38. The molecule has 1 amide bonds. The number of anilines is 3. The predicted molar refractivity (Wildman–Crippen MR) is 132 cm³/mol. The van der Waals surface area contributed by atoms with E-state index in [0.717, 1.165) is 38.5 Å². The van der Waals surface area contributed by atoms with E-state index in [-0.39, 0.29) is 5.91 Å². The number of aromatic nitrogens is 2. The topological polar surface area (TPSA) is 66.9 Å². The predicted octanol–water partition coefficient (Wildman–Crippen LogP) is 6.73. The van der Waals surface area contributed by atoms with Crippen LogP contribution in [0.2, 0.25) is 0 Å². The molecule has 2 heterocycles. The van der Waals surface area contributed by atoms with E-state index < -0.39 is 0 Å². The number of nitrogens with zero attached hydrogens (tertiary/aromatic N) is 2. The lowest BCUT2D eigenvalue weighted by Crippen LogP contribution is -2.05. The number of carbonyl (C=O) groups excluding carboxylic acids is 1. The normalized spacial score (nSPS) is 10.8. The molecule has 2 N–H and O–H groups in total. The van der Waals surface area contributed by atoms with Crippen molar-refractivity contribution in [2.75, 3.05) is 10.6 Å². The monoisotopic (exact) mass is 436 g/mol. The molecule has 2 aromatic heterocycles. The van der Waals surface area contributed by atoms with E-state index in [1.807, 2.05) is 42.5 Å². The lowest BCUT2D eigenvalue weighted by atomic mass is 10.0. The maximum absolute atomic E-state index is 11.4. The van der Waals surface area contributed by atoms with E-state index in [0.29, 0.717) is 0 Å². The molecule has 0 saturated heterocycles.